The molecule has 0 aliphatic rings. The second-order valence-corrected chi connectivity index (χ2v) is 21.3. The van der Waals surface area contributed by atoms with Gasteiger partial charge in [-0.2, -0.15) is 0 Å². The van der Waals surface area contributed by atoms with Gasteiger partial charge in [-0.1, -0.05) is 78.9 Å². The number of hydrogen-bond donors (Lipinski definition) is 0. The predicted molar refractivity (Wildman–Crippen MR) is 283 cm³/mol. The average molecular weight is 870 g/mol. The fourth-order valence-corrected chi connectivity index (χ4v) is 14.9. The van der Waals surface area contributed by atoms with Crippen LogP contribution in [-0.4, -0.2) is 0 Å². The van der Waals surface area contributed by atoms with Crippen molar-refractivity contribution in [3.8, 4) is 0 Å². The number of anilines is 3. The SMILES string of the molecule is c1ccc(N(c2ccc3cc4c(cc3c2)sc2cc3c(cc24)sc2cc4ccccc4cc23)c2ccc3cc4c(cc3c2)sc2cc3c(cc24)sc2cc4ccccc4cc23)cc1. The summed E-state index contributed by atoms with van der Waals surface area (Å²) in [6, 6.07) is 71.1. The molecule has 15 aromatic rings. The van der Waals surface area contributed by atoms with Crippen LogP contribution in [0.5, 0.6) is 0 Å². The summed E-state index contributed by atoms with van der Waals surface area (Å²) in [7, 11) is 0. The first-order chi connectivity index (χ1) is 31.1. The lowest BCUT2D eigenvalue weighted by Gasteiger charge is -2.26. The summed E-state index contributed by atoms with van der Waals surface area (Å²) in [6.07, 6.45) is 0. The van der Waals surface area contributed by atoms with Crippen LogP contribution in [0.3, 0.4) is 0 Å². The zero-order valence-corrected chi connectivity index (χ0v) is 36.7. The Labute approximate surface area is 376 Å². The zero-order chi connectivity index (χ0) is 40.9. The number of nitrogens with zero attached hydrogens (tertiary/aromatic N) is 1. The van der Waals surface area contributed by atoms with Crippen molar-refractivity contribution in [3.05, 3.63) is 188 Å². The van der Waals surface area contributed by atoms with Crippen LogP contribution in [0.1, 0.15) is 0 Å². The molecule has 63 heavy (non-hydrogen) atoms. The molecule has 0 amide bonds. The Morgan fingerprint density at radius 3 is 0.873 bits per heavy atom. The lowest BCUT2D eigenvalue weighted by atomic mass is 10.0. The number of para-hydroxylation sites is 1. The number of rotatable bonds is 3. The van der Waals surface area contributed by atoms with Gasteiger partial charge in [-0.25, -0.2) is 0 Å². The van der Waals surface area contributed by atoms with E-state index >= 15 is 0 Å². The minimum absolute atomic E-state index is 1.14. The highest BCUT2D eigenvalue weighted by Gasteiger charge is 2.18. The van der Waals surface area contributed by atoms with Crippen LogP contribution < -0.4 is 4.90 Å². The summed E-state index contributed by atoms with van der Waals surface area (Å²) < 4.78 is 10.8. The van der Waals surface area contributed by atoms with E-state index in [4.69, 9.17) is 0 Å². The molecule has 0 aliphatic heterocycles. The van der Waals surface area contributed by atoms with Gasteiger partial charge in [-0.3, -0.25) is 0 Å². The van der Waals surface area contributed by atoms with E-state index in [0.29, 0.717) is 0 Å². The van der Waals surface area contributed by atoms with Crippen LogP contribution in [-0.2, 0) is 0 Å². The molecule has 0 saturated carbocycles. The van der Waals surface area contributed by atoms with Crippen molar-refractivity contribution in [2.75, 3.05) is 4.90 Å². The molecule has 15 rings (SSSR count). The van der Waals surface area contributed by atoms with Crippen molar-refractivity contribution in [3.63, 3.8) is 0 Å². The quantitative estimate of drug-likeness (QED) is 0.171. The second-order valence-electron chi connectivity index (χ2n) is 16.9. The summed E-state index contributed by atoms with van der Waals surface area (Å²) in [5, 5.41) is 21.0. The maximum absolute atomic E-state index is 2.44. The maximum Gasteiger partial charge on any atom is 0.0468 e. The van der Waals surface area contributed by atoms with Crippen molar-refractivity contribution in [1.29, 1.82) is 0 Å². The van der Waals surface area contributed by atoms with E-state index in [9.17, 15) is 0 Å². The molecule has 0 N–H and O–H groups in total. The van der Waals surface area contributed by atoms with Crippen LogP contribution in [0.4, 0.5) is 17.1 Å². The topological polar surface area (TPSA) is 3.24 Å². The van der Waals surface area contributed by atoms with Crippen LogP contribution in [0.15, 0.2) is 188 Å². The second kappa shape index (κ2) is 12.9. The zero-order valence-electron chi connectivity index (χ0n) is 33.5. The van der Waals surface area contributed by atoms with Crippen LogP contribution in [0, 0.1) is 0 Å². The fourth-order valence-electron chi connectivity index (χ4n) is 10.2. The van der Waals surface area contributed by atoms with Gasteiger partial charge in [-0.15, -0.1) is 45.3 Å². The van der Waals surface area contributed by atoms with Crippen LogP contribution in [0.25, 0.3) is 124 Å². The number of thiophene rings is 4. The average Bonchev–Trinajstić information content (AvgIpc) is 4.06. The molecule has 4 heterocycles. The van der Waals surface area contributed by atoms with Crippen molar-refractivity contribution in [2.24, 2.45) is 0 Å². The van der Waals surface area contributed by atoms with Crippen molar-refractivity contribution < 1.29 is 0 Å². The van der Waals surface area contributed by atoms with Gasteiger partial charge in [-0.05, 0) is 152 Å². The molecule has 11 aromatic carbocycles. The summed E-state index contributed by atoms with van der Waals surface area (Å²) >= 11 is 7.64. The third-order valence-electron chi connectivity index (χ3n) is 13.3. The Hall–Kier alpha value is -6.86. The molecule has 0 fully saturated rings. The normalized spacial score (nSPS) is 12.4. The van der Waals surface area contributed by atoms with Gasteiger partial charge in [0.2, 0.25) is 0 Å². The molecule has 0 atom stereocenters. The van der Waals surface area contributed by atoms with Crippen molar-refractivity contribution in [2.45, 2.75) is 0 Å². The van der Waals surface area contributed by atoms with Crippen LogP contribution >= 0.6 is 45.3 Å². The fraction of sp³-hybridized carbons (Fsp3) is 0. The summed E-state index contributed by atoms with van der Waals surface area (Å²) in [4.78, 5) is 2.41. The highest BCUT2D eigenvalue weighted by Crippen LogP contribution is 2.47. The molecule has 5 heteroatoms. The molecular weight excluding hydrogens is 839 g/mol. The number of hydrogen-bond acceptors (Lipinski definition) is 5. The van der Waals surface area contributed by atoms with E-state index in [-0.39, 0.29) is 0 Å². The largest absolute Gasteiger partial charge is 0.310 e. The standard InChI is InChI=1S/C58H31NS4/c1-2-12-40(13-3-1)59(41-16-14-36-22-45-49-30-55-47(28-57(49)62-53(45)26-38(36)18-41)43-20-32-8-4-6-10-34(32)24-51(43)60-55)42-17-15-37-23-46-50-31-56-48(29-58(50)63-54(46)27-39(37)19-42)44-21-33-9-5-7-11-35(33)25-52(44)61-56/h1-31H. The molecule has 0 unspecified atom stereocenters. The van der Waals surface area contributed by atoms with Gasteiger partial charge in [0.15, 0.2) is 0 Å². The van der Waals surface area contributed by atoms with Crippen molar-refractivity contribution in [1.82, 2.24) is 0 Å². The maximum atomic E-state index is 2.44. The van der Waals surface area contributed by atoms with Gasteiger partial charge in [0.1, 0.15) is 0 Å². The molecule has 0 saturated heterocycles. The lowest BCUT2D eigenvalue weighted by Crippen LogP contribution is -2.09. The van der Waals surface area contributed by atoms with E-state index in [1.807, 2.05) is 45.3 Å². The molecule has 292 valence electrons. The minimum atomic E-state index is 1.14. The third-order valence-corrected chi connectivity index (χ3v) is 17.7. The Morgan fingerprint density at radius 1 is 0.206 bits per heavy atom. The summed E-state index contributed by atoms with van der Waals surface area (Å²) in [5.74, 6) is 0. The number of fused-ring (bicyclic) bond motifs is 16. The highest BCUT2D eigenvalue weighted by atomic mass is 32.1. The van der Waals surface area contributed by atoms with E-state index in [1.165, 1.54) is 124 Å². The Kier molecular flexibility index (Phi) is 7.08. The van der Waals surface area contributed by atoms with Gasteiger partial charge in [0, 0.05) is 97.8 Å². The molecule has 0 bridgehead atoms. The minimum Gasteiger partial charge on any atom is -0.310 e. The van der Waals surface area contributed by atoms with Gasteiger partial charge >= 0.3 is 0 Å². The van der Waals surface area contributed by atoms with Crippen LogP contribution in [0.2, 0.25) is 0 Å². The molecule has 0 aliphatic carbocycles. The first-order valence-electron chi connectivity index (χ1n) is 21.3. The van der Waals surface area contributed by atoms with E-state index in [2.05, 4.69) is 193 Å². The lowest BCUT2D eigenvalue weighted by molar-refractivity contribution is 1.29. The van der Waals surface area contributed by atoms with E-state index in [1.54, 1.807) is 0 Å². The van der Waals surface area contributed by atoms with E-state index < -0.39 is 0 Å². The van der Waals surface area contributed by atoms with Crippen molar-refractivity contribution >= 4 is 186 Å². The van der Waals surface area contributed by atoms with Gasteiger partial charge in [0.25, 0.3) is 0 Å². The molecule has 0 radical (unpaired) electrons. The summed E-state index contributed by atoms with van der Waals surface area (Å²) in [5.41, 5.74) is 3.44. The number of benzene rings is 11. The smallest absolute Gasteiger partial charge is 0.0468 e. The monoisotopic (exact) mass is 869 g/mol. The Bertz CT molecular complexity index is 4180. The Balaban J connectivity index is 0.846. The molecule has 4 aromatic heterocycles. The highest BCUT2D eigenvalue weighted by molar-refractivity contribution is 7.28. The first-order valence-corrected chi connectivity index (χ1v) is 24.5. The predicted octanol–water partition coefficient (Wildman–Crippen LogP) is 19.2. The molecule has 1 nitrogen and oxygen atoms in total. The van der Waals surface area contributed by atoms with Gasteiger partial charge in [0.05, 0.1) is 0 Å². The Morgan fingerprint density at radius 2 is 0.492 bits per heavy atom. The third kappa shape index (κ3) is 5.19. The molecular formula is C58H31NS4. The van der Waals surface area contributed by atoms with E-state index in [0.717, 1.165) is 17.1 Å². The molecule has 0 spiro atoms. The first kappa shape index (κ1) is 34.7. The van der Waals surface area contributed by atoms with Gasteiger partial charge < -0.3 is 4.90 Å². The summed E-state index contributed by atoms with van der Waals surface area (Å²) in [6.45, 7) is 0.